The first-order chi connectivity index (χ1) is 15.1. The van der Waals surface area contributed by atoms with Crippen LogP contribution in [0, 0.1) is 5.92 Å². The molecule has 4 heterocycles. The number of allylic oxidation sites excluding steroid dienone is 1. The molecule has 0 spiro atoms. The van der Waals surface area contributed by atoms with Gasteiger partial charge in [0.1, 0.15) is 24.8 Å². The molecule has 31 heavy (non-hydrogen) atoms. The van der Waals surface area contributed by atoms with Gasteiger partial charge in [-0.05, 0) is 44.2 Å². The molecule has 168 valence electrons. The Morgan fingerprint density at radius 3 is 2.61 bits per heavy atom. The average Bonchev–Trinajstić information content (AvgIpc) is 2.83. The Morgan fingerprint density at radius 2 is 1.87 bits per heavy atom. The zero-order chi connectivity index (χ0) is 21.6. The first-order valence-corrected chi connectivity index (χ1v) is 11.3. The number of pyridine rings is 1. The van der Waals surface area contributed by atoms with Gasteiger partial charge in [-0.3, -0.25) is 9.59 Å². The van der Waals surface area contributed by atoms with Crippen LogP contribution in [-0.4, -0.2) is 79.1 Å². The summed E-state index contributed by atoms with van der Waals surface area (Å²) in [6.45, 7) is 7.18. The molecule has 0 saturated carbocycles. The Morgan fingerprint density at radius 1 is 1.06 bits per heavy atom. The van der Waals surface area contributed by atoms with E-state index in [1.807, 2.05) is 28.0 Å². The molecule has 0 radical (unpaired) electrons. The van der Waals surface area contributed by atoms with Crippen molar-refractivity contribution >= 4 is 17.6 Å². The molecular weight excluding hydrogens is 396 g/mol. The van der Waals surface area contributed by atoms with Gasteiger partial charge in [0.15, 0.2) is 0 Å². The number of likely N-dealkylation sites (tertiary alicyclic amines) is 1. The molecule has 0 N–H and O–H groups in total. The van der Waals surface area contributed by atoms with Crippen LogP contribution in [0.15, 0.2) is 35.9 Å². The van der Waals surface area contributed by atoms with Crippen molar-refractivity contribution in [3.63, 3.8) is 0 Å². The summed E-state index contributed by atoms with van der Waals surface area (Å²) < 4.78 is 11.0. The topological polar surface area (TPSA) is 75.2 Å². The van der Waals surface area contributed by atoms with E-state index >= 15 is 0 Å². The van der Waals surface area contributed by atoms with Crippen LogP contribution in [0.2, 0.25) is 0 Å². The van der Waals surface area contributed by atoms with Gasteiger partial charge in [0.05, 0.1) is 0 Å². The van der Waals surface area contributed by atoms with Crippen LogP contribution in [0.3, 0.4) is 0 Å². The Bertz CT molecular complexity index is 805. The molecule has 1 aromatic rings. The van der Waals surface area contributed by atoms with Crippen molar-refractivity contribution in [2.24, 2.45) is 5.92 Å². The summed E-state index contributed by atoms with van der Waals surface area (Å²) in [4.78, 5) is 36.0. The first-order valence-electron chi connectivity index (χ1n) is 11.3. The predicted molar refractivity (Wildman–Crippen MR) is 116 cm³/mol. The Kier molecular flexibility index (Phi) is 6.94. The first kappa shape index (κ1) is 21.5. The van der Waals surface area contributed by atoms with Gasteiger partial charge in [-0.1, -0.05) is 6.07 Å². The molecule has 1 atom stereocenters. The fourth-order valence-corrected chi connectivity index (χ4v) is 4.56. The van der Waals surface area contributed by atoms with Crippen molar-refractivity contribution in [1.82, 2.24) is 14.8 Å². The van der Waals surface area contributed by atoms with Crippen LogP contribution in [-0.2, 0) is 19.1 Å². The molecule has 0 aromatic carbocycles. The minimum atomic E-state index is -0.0844. The van der Waals surface area contributed by atoms with Crippen molar-refractivity contribution in [3.8, 4) is 0 Å². The number of piperazine rings is 1. The highest BCUT2D eigenvalue weighted by Crippen LogP contribution is 2.25. The SMILES string of the molecule is CC1=C(C(=O)N2CCC[C@@H](CCC(=O)N3CCN(c4ccccn4)CC3)C2)OCCO1. The number of piperidine rings is 1. The summed E-state index contributed by atoms with van der Waals surface area (Å²) in [5.41, 5.74) is 0. The second kappa shape index (κ2) is 10.0. The van der Waals surface area contributed by atoms with Crippen molar-refractivity contribution in [1.29, 1.82) is 0 Å². The summed E-state index contributed by atoms with van der Waals surface area (Å²) >= 11 is 0. The number of anilines is 1. The van der Waals surface area contributed by atoms with E-state index in [-0.39, 0.29) is 11.8 Å². The number of aromatic nitrogens is 1. The normalized spacial score (nSPS) is 22.1. The molecule has 0 unspecified atom stereocenters. The third-order valence-corrected chi connectivity index (χ3v) is 6.34. The minimum Gasteiger partial charge on any atom is -0.491 e. The van der Waals surface area contributed by atoms with Gasteiger partial charge in [-0.25, -0.2) is 4.98 Å². The maximum absolute atomic E-state index is 12.8. The summed E-state index contributed by atoms with van der Waals surface area (Å²) in [6.07, 6.45) is 5.17. The Hall–Kier alpha value is -2.77. The highest BCUT2D eigenvalue weighted by atomic mass is 16.6. The van der Waals surface area contributed by atoms with Crippen LogP contribution in [0.25, 0.3) is 0 Å². The number of carbonyl (C=O) groups excluding carboxylic acids is 2. The van der Waals surface area contributed by atoms with Gasteiger partial charge in [0.2, 0.25) is 11.7 Å². The summed E-state index contributed by atoms with van der Waals surface area (Å²) in [6, 6.07) is 5.91. The minimum absolute atomic E-state index is 0.0844. The lowest BCUT2D eigenvalue weighted by molar-refractivity contribution is -0.134. The van der Waals surface area contributed by atoms with Crippen LogP contribution < -0.4 is 4.90 Å². The third-order valence-electron chi connectivity index (χ3n) is 6.34. The second-order valence-electron chi connectivity index (χ2n) is 8.44. The van der Waals surface area contributed by atoms with Crippen LogP contribution in [0.4, 0.5) is 5.82 Å². The van der Waals surface area contributed by atoms with Gasteiger partial charge in [-0.2, -0.15) is 0 Å². The molecule has 3 aliphatic rings. The van der Waals surface area contributed by atoms with Crippen LogP contribution >= 0.6 is 0 Å². The molecule has 2 amide bonds. The lowest BCUT2D eigenvalue weighted by atomic mass is 9.93. The Labute approximate surface area is 183 Å². The third kappa shape index (κ3) is 5.29. The highest BCUT2D eigenvalue weighted by molar-refractivity contribution is 5.92. The monoisotopic (exact) mass is 428 g/mol. The maximum atomic E-state index is 12.8. The van der Waals surface area contributed by atoms with E-state index in [0.717, 1.165) is 57.8 Å². The van der Waals surface area contributed by atoms with E-state index in [1.165, 1.54) is 0 Å². The second-order valence-corrected chi connectivity index (χ2v) is 8.44. The van der Waals surface area contributed by atoms with Gasteiger partial charge < -0.3 is 24.2 Å². The molecule has 4 rings (SSSR count). The molecular formula is C23H32N4O4. The van der Waals surface area contributed by atoms with Crippen LogP contribution in [0.1, 0.15) is 32.6 Å². The lowest BCUT2D eigenvalue weighted by Crippen LogP contribution is -2.49. The number of ether oxygens (including phenoxy) is 2. The zero-order valence-corrected chi connectivity index (χ0v) is 18.3. The lowest BCUT2D eigenvalue weighted by Gasteiger charge is -2.36. The van der Waals surface area contributed by atoms with Gasteiger partial charge in [-0.15, -0.1) is 0 Å². The summed E-state index contributed by atoms with van der Waals surface area (Å²) in [5, 5.41) is 0. The van der Waals surface area contributed by atoms with E-state index in [0.29, 0.717) is 43.6 Å². The number of rotatable bonds is 5. The molecule has 8 nitrogen and oxygen atoms in total. The molecule has 3 aliphatic heterocycles. The maximum Gasteiger partial charge on any atom is 0.292 e. The molecule has 0 bridgehead atoms. The molecule has 8 heteroatoms. The van der Waals surface area contributed by atoms with E-state index < -0.39 is 0 Å². The van der Waals surface area contributed by atoms with E-state index in [2.05, 4.69) is 9.88 Å². The van der Waals surface area contributed by atoms with Crippen molar-refractivity contribution < 1.29 is 19.1 Å². The zero-order valence-electron chi connectivity index (χ0n) is 18.3. The number of nitrogens with zero attached hydrogens (tertiary/aromatic N) is 4. The van der Waals surface area contributed by atoms with E-state index in [4.69, 9.17) is 9.47 Å². The van der Waals surface area contributed by atoms with Gasteiger partial charge in [0, 0.05) is 51.9 Å². The molecule has 2 saturated heterocycles. The fraction of sp³-hybridized carbons (Fsp3) is 0.609. The number of amides is 2. The van der Waals surface area contributed by atoms with E-state index in [1.54, 1.807) is 13.1 Å². The quantitative estimate of drug-likeness (QED) is 0.714. The average molecular weight is 429 g/mol. The van der Waals surface area contributed by atoms with Crippen LogP contribution in [0.5, 0.6) is 0 Å². The molecule has 0 aliphatic carbocycles. The van der Waals surface area contributed by atoms with Crippen molar-refractivity contribution in [2.45, 2.75) is 32.6 Å². The largest absolute Gasteiger partial charge is 0.491 e. The Balaban J connectivity index is 1.23. The standard InChI is InChI=1S/C23H32N4O4/c1-18-22(31-16-15-30-18)23(29)27-10-4-5-19(17-27)7-8-21(28)26-13-11-25(12-14-26)20-6-2-3-9-24-20/h2-3,6,9,19H,4-5,7-8,10-17H2,1H3/t19-/m0/s1. The van der Waals surface area contributed by atoms with Crippen molar-refractivity contribution in [2.75, 3.05) is 57.4 Å². The number of hydrogen-bond acceptors (Lipinski definition) is 6. The summed E-state index contributed by atoms with van der Waals surface area (Å²) in [7, 11) is 0. The highest BCUT2D eigenvalue weighted by Gasteiger charge is 2.30. The molecule has 1 aromatic heterocycles. The van der Waals surface area contributed by atoms with Crippen molar-refractivity contribution in [3.05, 3.63) is 35.9 Å². The van der Waals surface area contributed by atoms with Gasteiger partial charge >= 0.3 is 0 Å². The van der Waals surface area contributed by atoms with E-state index in [9.17, 15) is 9.59 Å². The van der Waals surface area contributed by atoms with Gasteiger partial charge in [0.25, 0.3) is 5.91 Å². The molecule has 2 fully saturated rings. The fourth-order valence-electron chi connectivity index (χ4n) is 4.56. The number of carbonyl (C=O) groups is 2. The summed E-state index contributed by atoms with van der Waals surface area (Å²) in [5.74, 6) is 2.36. The predicted octanol–water partition coefficient (Wildman–Crippen LogP) is 2.03. The smallest absolute Gasteiger partial charge is 0.292 e. The number of hydrogen-bond donors (Lipinski definition) is 0.